The maximum absolute atomic E-state index is 13.2. The van der Waals surface area contributed by atoms with E-state index in [1.165, 1.54) is 11.8 Å². The van der Waals surface area contributed by atoms with Crippen molar-refractivity contribution in [3.05, 3.63) is 65.5 Å². The normalized spacial score (nSPS) is 14.0. The first-order valence-corrected chi connectivity index (χ1v) is 11.9. The predicted octanol–water partition coefficient (Wildman–Crippen LogP) is 4.21. The van der Waals surface area contributed by atoms with Crippen molar-refractivity contribution < 1.29 is 14.3 Å². The molecule has 32 heavy (non-hydrogen) atoms. The highest BCUT2D eigenvalue weighted by atomic mass is 32.2. The van der Waals surface area contributed by atoms with Crippen LogP contribution in [0.5, 0.6) is 0 Å². The van der Waals surface area contributed by atoms with Crippen LogP contribution in [0.2, 0.25) is 0 Å². The van der Waals surface area contributed by atoms with Crippen LogP contribution in [-0.4, -0.2) is 45.5 Å². The molecule has 0 radical (unpaired) electrons. The van der Waals surface area contributed by atoms with Gasteiger partial charge in [-0.3, -0.25) is 9.36 Å². The quantitative estimate of drug-likeness (QED) is 0.414. The summed E-state index contributed by atoms with van der Waals surface area (Å²) in [4.78, 5) is 27.8. The molecule has 1 aromatic heterocycles. The molecule has 3 aromatic rings. The van der Waals surface area contributed by atoms with Gasteiger partial charge in [0, 0.05) is 17.9 Å². The van der Waals surface area contributed by atoms with Gasteiger partial charge in [0.2, 0.25) is 0 Å². The van der Waals surface area contributed by atoms with Crippen molar-refractivity contribution in [2.24, 2.45) is 0 Å². The highest BCUT2D eigenvalue weighted by molar-refractivity contribution is 7.98. The Balaban J connectivity index is 1.49. The minimum Gasteiger partial charge on any atom is -0.449 e. The van der Waals surface area contributed by atoms with Crippen LogP contribution in [0.4, 0.5) is 5.69 Å². The number of esters is 1. The van der Waals surface area contributed by atoms with Crippen molar-refractivity contribution in [2.75, 3.05) is 17.7 Å². The lowest BCUT2D eigenvalue weighted by atomic mass is 10.0. The minimum atomic E-state index is -0.823. The molecule has 1 aliphatic rings. The number of carbonyl (C=O) groups is 2. The molecule has 7 nitrogen and oxygen atoms in total. The third-order valence-electron chi connectivity index (χ3n) is 5.61. The first-order chi connectivity index (χ1) is 15.5. The highest BCUT2D eigenvalue weighted by Crippen LogP contribution is 2.28. The monoisotopic (exact) mass is 450 g/mol. The molecule has 0 saturated carbocycles. The second kappa shape index (κ2) is 9.56. The van der Waals surface area contributed by atoms with Gasteiger partial charge in [0.05, 0.1) is 5.56 Å². The number of hydrogen-bond acceptors (Lipinski definition) is 6. The lowest BCUT2D eigenvalue weighted by Crippen LogP contribution is -2.43. The molecule has 4 rings (SSSR count). The average Bonchev–Trinajstić information content (AvgIpc) is 3.22. The van der Waals surface area contributed by atoms with Gasteiger partial charge in [0.25, 0.3) is 5.91 Å². The molecule has 0 fully saturated rings. The number of nitrogens with zero attached hydrogens (tertiary/aromatic N) is 4. The molecule has 2 aromatic carbocycles. The topological polar surface area (TPSA) is 77.3 Å². The molecule has 0 N–H and O–H groups in total. The van der Waals surface area contributed by atoms with Crippen LogP contribution in [0.25, 0.3) is 5.69 Å². The third-order valence-corrected chi connectivity index (χ3v) is 6.24. The van der Waals surface area contributed by atoms with Crippen LogP contribution < -0.4 is 4.90 Å². The van der Waals surface area contributed by atoms with E-state index in [0.29, 0.717) is 18.5 Å². The number of hydrogen-bond donors (Lipinski definition) is 0. The largest absolute Gasteiger partial charge is 0.449 e. The van der Waals surface area contributed by atoms with Gasteiger partial charge in [-0.25, -0.2) is 4.79 Å². The summed E-state index contributed by atoms with van der Waals surface area (Å²) in [5.74, 6) is 0.0880. The smallest absolute Gasteiger partial charge is 0.338 e. The summed E-state index contributed by atoms with van der Waals surface area (Å²) in [7, 11) is 0. The van der Waals surface area contributed by atoms with Gasteiger partial charge in [-0.1, -0.05) is 36.9 Å². The standard InChI is InChI=1S/C24H26N4O3S/c1-4-21(22(29)27-15-7-9-17-8-5-6-10-20(17)27)31-23(30)18-11-13-19(14-12-18)28-16(2)25-26-24(28)32-3/h5-6,8,10-14,21H,4,7,9,15H2,1-3H3. The lowest BCUT2D eigenvalue weighted by molar-refractivity contribution is -0.127. The predicted molar refractivity (Wildman–Crippen MR) is 124 cm³/mol. The number of anilines is 1. The molecule has 0 saturated heterocycles. The Labute approximate surface area is 191 Å². The maximum Gasteiger partial charge on any atom is 0.338 e. The Bertz CT molecular complexity index is 1130. The van der Waals surface area contributed by atoms with Gasteiger partial charge in [-0.2, -0.15) is 0 Å². The molecule has 2 heterocycles. The van der Waals surface area contributed by atoms with Crippen molar-refractivity contribution >= 4 is 29.3 Å². The van der Waals surface area contributed by atoms with Crippen LogP contribution >= 0.6 is 11.8 Å². The first-order valence-electron chi connectivity index (χ1n) is 10.7. The number of fused-ring (bicyclic) bond motifs is 1. The number of carbonyl (C=O) groups excluding carboxylic acids is 2. The van der Waals surface area contributed by atoms with Crippen LogP contribution in [-0.2, 0) is 16.0 Å². The van der Waals surface area contributed by atoms with Gasteiger partial charge < -0.3 is 9.64 Å². The van der Waals surface area contributed by atoms with E-state index >= 15 is 0 Å². The number of ether oxygens (including phenoxy) is 1. The summed E-state index contributed by atoms with van der Waals surface area (Å²) in [6.07, 6.45) is 3.38. The Morgan fingerprint density at radius 1 is 1.12 bits per heavy atom. The molecule has 8 heteroatoms. The van der Waals surface area contributed by atoms with E-state index in [9.17, 15) is 9.59 Å². The summed E-state index contributed by atoms with van der Waals surface area (Å²) in [6, 6.07) is 15.0. The summed E-state index contributed by atoms with van der Waals surface area (Å²) in [5.41, 5.74) is 3.33. The number of thioether (sulfide) groups is 1. The molecule has 1 aliphatic heterocycles. The fourth-order valence-corrected chi connectivity index (χ4v) is 4.50. The zero-order valence-electron chi connectivity index (χ0n) is 18.4. The maximum atomic E-state index is 13.2. The van der Waals surface area contributed by atoms with Crippen molar-refractivity contribution in [3.8, 4) is 5.69 Å². The Kier molecular flexibility index (Phi) is 6.60. The molecule has 0 aliphatic carbocycles. The number of aryl methyl sites for hydroxylation is 2. The van der Waals surface area contributed by atoms with E-state index in [0.717, 1.165) is 40.8 Å². The molecule has 166 valence electrons. The number of benzene rings is 2. The number of rotatable bonds is 6. The molecular formula is C24H26N4O3S. The van der Waals surface area contributed by atoms with E-state index in [1.807, 2.05) is 61.1 Å². The zero-order chi connectivity index (χ0) is 22.7. The average molecular weight is 451 g/mol. The van der Waals surface area contributed by atoms with Crippen molar-refractivity contribution in [2.45, 2.75) is 44.4 Å². The van der Waals surface area contributed by atoms with Gasteiger partial charge in [-0.15, -0.1) is 10.2 Å². The minimum absolute atomic E-state index is 0.172. The fourth-order valence-electron chi connectivity index (χ4n) is 3.96. The van der Waals surface area contributed by atoms with Crippen molar-refractivity contribution in [3.63, 3.8) is 0 Å². The van der Waals surface area contributed by atoms with Gasteiger partial charge in [-0.05, 0) is 68.3 Å². The second-order valence-corrected chi connectivity index (χ2v) is 8.41. The fraction of sp³-hybridized carbons (Fsp3) is 0.333. The third kappa shape index (κ3) is 4.27. The highest BCUT2D eigenvalue weighted by Gasteiger charge is 2.30. The zero-order valence-corrected chi connectivity index (χ0v) is 19.3. The number of aromatic nitrogens is 3. The molecule has 0 bridgehead atoms. The number of amides is 1. The van der Waals surface area contributed by atoms with Crippen LogP contribution in [0.3, 0.4) is 0 Å². The van der Waals surface area contributed by atoms with Crippen LogP contribution in [0.15, 0.2) is 53.7 Å². The summed E-state index contributed by atoms with van der Waals surface area (Å²) < 4.78 is 7.57. The Morgan fingerprint density at radius 3 is 2.59 bits per heavy atom. The molecule has 1 atom stereocenters. The first kappa shape index (κ1) is 22.1. The van der Waals surface area contributed by atoms with E-state index in [1.54, 1.807) is 17.0 Å². The van der Waals surface area contributed by atoms with Gasteiger partial charge in [0.1, 0.15) is 5.82 Å². The summed E-state index contributed by atoms with van der Waals surface area (Å²) in [6.45, 7) is 4.37. The van der Waals surface area contributed by atoms with Gasteiger partial charge in [0.15, 0.2) is 11.3 Å². The van der Waals surface area contributed by atoms with E-state index < -0.39 is 12.1 Å². The van der Waals surface area contributed by atoms with Crippen molar-refractivity contribution in [1.29, 1.82) is 0 Å². The second-order valence-electron chi connectivity index (χ2n) is 7.64. The van der Waals surface area contributed by atoms with E-state index in [2.05, 4.69) is 10.2 Å². The SMILES string of the molecule is CCC(OC(=O)c1ccc(-n2c(C)nnc2SC)cc1)C(=O)N1CCCc2ccccc21. The summed E-state index contributed by atoms with van der Waals surface area (Å²) >= 11 is 1.50. The Morgan fingerprint density at radius 2 is 1.88 bits per heavy atom. The van der Waals surface area contributed by atoms with Crippen LogP contribution in [0, 0.1) is 6.92 Å². The van der Waals surface area contributed by atoms with E-state index in [-0.39, 0.29) is 5.91 Å². The molecule has 1 amide bonds. The van der Waals surface area contributed by atoms with Gasteiger partial charge >= 0.3 is 5.97 Å². The summed E-state index contributed by atoms with van der Waals surface area (Å²) in [5, 5.41) is 9.02. The molecular weight excluding hydrogens is 424 g/mol. The van der Waals surface area contributed by atoms with Crippen molar-refractivity contribution in [1.82, 2.24) is 14.8 Å². The lowest BCUT2D eigenvalue weighted by Gasteiger charge is -2.31. The Hall–Kier alpha value is -3.13. The molecule has 1 unspecified atom stereocenters. The molecule has 0 spiro atoms. The van der Waals surface area contributed by atoms with Crippen LogP contribution in [0.1, 0.15) is 41.5 Å². The van der Waals surface area contributed by atoms with E-state index in [4.69, 9.17) is 4.74 Å². The number of para-hydroxylation sites is 1.